The van der Waals surface area contributed by atoms with E-state index in [2.05, 4.69) is 6.58 Å². The predicted molar refractivity (Wildman–Crippen MR) is 83.1 cm³/mol. The van der Waals surface area contributed by atoms with Gasteiger partial charge < -0.3 is 5.73 Å². The van der Waals surface area contributed by atoms with E-state index in [1.165, 1.54) is 4.31 Å². The number of hydrogen-bond donors (Lipinski definition) is 1. The summed E-state index contributed by atoms with van der Waals surface area (Å²) < 4.78 is 26.6. The number of nitrogens with zero attached hydrogens (tertiary/aromatic N) is 1. The summed E-state index contributed by atoms with van der Waals surface area (Å²) in [5.41, 5.74) is 8.32. The molecule has 0 saturated carbocycles. The number of rotatable bonds is 7. The fourth-order valence-corrected chi connectivity index (χ4v) is 3.58. The molecule has 5 heteroatoms. The van der Waals surface area contributed by atoms with Gasteiger partial charge in [-0.15, -0.1) is 6.58 Å². The van der Waals surface area contributed by atoms with Crippen molar-refractivity contribution in [2.45, 2.75) is 38.1 Å². The zero-order chi connectivity index (χ0) is 15.3. The Morgan fingerprint density at radius 2 is 1.95 bits per heavy atom. The minimum atomic E-state index is -3.46. The van der Waals surface area contributed by atoms with Crippen molar-refractivity contribution in [1.82, 2.24) is 4.31 Å². The number of allylic oxidation sites excluding steroid dienone is 1. The van der Waals surface area contributed by atoms with Crippen LogP contribution in [0.1, 0.15) is 29.5 Å². The molecule has 0 spiro atoms. The van der Waals surface area contributed by atoms with Crippen molar-refractivity contribution in [2.75, 3.05) is 13.6 Å². The number of aryl methyl sites for hydroxylation is 2. The molecule has 0 fully saturated rings. The molecule has 1 aromatic rings. The van der Waals surface area contributed by atoms with Crippen LogP contribution in [-0.2, 0) is 16.6 Å². The maximum atomic E-state index is 12.6. The van der Waals surface area contributed by atoms with Gasteiger partial charge in [0.2, 0.25) is 10.0 Å². The van der Waals surface area contributed by atoms with E-state index in [4.69, 9.17) is 5.73 Å². The molecule has 0 radical (unpaired) electrons. The average Bonchev–Trinajstić information content (AvgIpc) is 2.38. The van der Waals surface area contributed by atoms with E-state index >= 15 is 0 Å². The van der Waals surface area contributed by atoms with Crippen molar-refractivity contribution in [2.24, 2.45) is 5.73 Å². The zero-order valence-corrected chi connectivity index (χ0v) is 13.3. The van der Waals surface area contributed by atoms with Gasteiger partial charge in [-0.25, -0.2) is 12.7 Å². The molecule has 0 aromatic heterocycles. The second-order valence-corrected chi connectivity index (χ2v) is 7.02. The molecule has 0 aliphatic heterocycles. The molecule has 0 aliphatic carbocycles. The van der Waals surface area contributed by atoms with Gasteiger partial charge in [-0.2, -0.15) is 0 Å². The molecule has 0 aliphatic rings. The van der Waals surface area contributed by atoms with Crippen LogP contribution in [-0.4, -0.2) is 26.3 Å². The molecule has 1 rings (SSSR count). The van der Waals surface area contributed by atoms with Gasteiger partial charge in [0, 0.05) is 20.1 Å². The Morgan fingerprint density at radius 1 is 1.30 bits per heavy atom. The Morgan fingerprint density at radius 3 is 2.50 bits per heavy atom. The highest BCUT2D eigenvalue weighted by atomic mass is 32.2. The summed E-state index contributed by atoms with van der Waals surface area (Å²) >= 11 is 0. The number of nitrogens with two attached hydrogens (primary N) is 1. The third kappa shape index (κ3) is 3.69. The van der Waals surface area contributed by atoms with Crippen LogP contribution < -0.4 is 5.73 Å². The minimum absolute atomic E-state index is 0.342. The molecule has 0 unspecified atom stereocenters. The lowest BCUT2D eigenvalue weighted by Crippen LogP contribution is -2.28. The summed E-state index contributed by atoms with van der Waals surface area (Å²) in [7, 11) is -1.85. The van der Waals surface area contributed by atoms with Gasteiger partial charge >= 0.3 is 0 Å². The summed E-state index contributed by atoms with van der Waals surface area (Å²) in [5, 5.41) is 0. The summed E-state index contributed by atoms with van der Waals surface area (Å²) in [6.45, 7) is 8.23. The lowest BCUT2D eigenvalue weighted by atomic mass is 10.1. The van der Waals surface area contributed by atoms with E-state index in [9.17, 15) is 8.42 Å². The lowest BCUT2D eigenvalue weighted by Gasteiger charge is -2.19. The van der Waals surface area contributed by atoms with E-state index in [1.807, 2.05) is 19.9 Å². The summed E-state index contributed by atoms with van der Waals surface area (Å²) in [5.74, 6) is 0. The Bertz CT molecular complexity index is 580. The third-order valence-electron chi connectivity index (χ3n) is 3.42. The maximum Gasteiger partial charge on any atom is 0.243 e. The van der Waals surface area contributed by atoms with Crippen LogP contribution >= 0.6 is 0 Å². The number of hydrogen-bond acceptors (Lipinski definition) is 3. The molecular weight excluding hydrogens is 272 g/mol. The highest BCUT2D eigenvalue weighted by Gasteiger charge is 2.23. The first-order valence-corrected chi connectivity index (χ1v) is 8.16. The van der Waals surface area contributed by atoms with Crippen LogP contribution in [0.5, 0.6) is 0 Å². The van der Waals surface area contributed by atoms with Crippen molar-refractivity contribution < 1.29 is 8.42 Å². The maximum absolute atomic E-state index is 12.6. The van der Waals surface area contributed by atoms with E-state index < -0.39 is 10.0 Å². The van der Waals surface area contributed by atoms with Gasteiger partial charge in [0.1, 0.15) is 0 Å². The van der Waals surface area contributed by atoms with E-state index in [0.29, 0.717) is 18.0 Å². The minimum Gasteiger partial charge on any atom is -0.326 e. The van der Waals surface area contributed by atoms with Crippen LogP contribution in [0.3, 0.4) is 0 Å². The standard InChI is InChI=1S/C15H24N2O2S/c1-5-6-7-8-17(4)20(18,19)15-10-14(11-16)12(2)9-13(15)3/h5,9-10H,1,6-8,11,16H2,2-4H3. The van der Waals surface area contributed by atoms with Gasteiger partial charge in [0.05, 0.1) is 4.90 Å². The second-order valence-electron chi connectivity index (χ2n) is 5.01. The Hall–Kier alpha value is -1.17. The van der Waals surface area contributed by atoms with Gasteiger partial charge in [0.15, 0.2) is 0 Å². The van der Waals surface area contributed by atoms with Gasteiger partial charge in [-0.05, 0) is 49.4 Å². The van der Waals surface area contributed by atoms with Crippen molar-refractivity contribution in [3.8, 4) is 0 Å². The summed E-state index contributed by atoms with van der Waals surface area (Å²) in [6.07, 6.45) is 3.37. The lowest BCUT2D eigenvalue weighted by molar-refractivity contribution is 0.462. The Kier molecular flexibility index (Phi) is 5.92. The van der Waals surface area contributed by atoms with E-state index in [-0.39, 0.29) is 0 Å². The third-order valence-corrected chi connectivity index (χ3v) is 5.42. The number of unbranched alkanes of at least 4 members (excludes halogenated alkanes) is 1. The van der Waals surface area contributed by atoms with Crippen LogP contribution in [0.15, 0.2) is 29.7 Å². The normalized spacial score (nSPS) is 11.8. The van der Waals surface area contributed by atoms with Gasteiger partial charge in [-0.3, -0.25) is 0 Å². The van der Waals surface area contributed by atoms with Gasteiger partial charge in [-0.1, -0.05) is 12.1 Å². The molecule has 2 N–H and O–H groups in total. The Balaban J connectivity index is 3.11. The van der Waals surface area contributed by atoms with Crippen molar-refractivity contribution in [3.05, 3.63) is 41.5 Å². The molecule has 1 aromatic carbocycles. The molecule has 0 heterocycles. The van der Waals surface area contributed by atoms with Crippen LogP contribution in [0.4, 0.5) is 0 Å². The number of benzene rings is 1. The second kappa shape index (κ2) is 7.02. The SMILES string of the molecule is C=CCCCN(C)S(=O)(=O)c1cc(CN)c(C)cc1C. The summed E-state index contributed by atoms with van der Waals surface area (Å²) in [4.78, 5) is 0.352. The van der Waals surface area contributed by atoms with Crippen molar-refractivity contribution >= 4 is 10.0 Å². The first-order chi connectivity index (χ1) is 9.34. The first kappa shape index (κ1) is 16.9. The smallest absolute Gasteiger partial charge is 0.243 e. The molecule has 0 saturated heterocycles. The predicted octanol–water partition coefficient (Wildman–Crippen LogP) is 2.35. The topological polar surface area (TPSA) is 63.4 Å². The number of sulfonamides is 1. The van der Waals surface area contributed by atoms with Gasteiger partial charge in [0.25, 0.3) is 0 Å². The molecule has 112 valence electrons. The van der Waals surface area contributed by atoms with Crippen molar-refractivity contribution in [1.29, 1.82) is 0 Å². The quantitative estimate of drug-likeness (QED) is 0.620. The highest BCUT2D eigenvalue weighted by Crippen LogP contribution is 2.23. The fraction of sp³-hybridized carbons (Fsp3) is 0.467. The zero-order valence-electron chi connectivity index (χ0n) is 12.5. The Labute approximate surface area is 122 Å². The van der Waals surface area contributed by atoms with Crippen LogP contribution in [0.2, 0.25) is 0 Å². The monoisotopic (exact) mass is 296 g/mol. The average molecular weight is 296 g/mol. The molecule has 0 amide bonds. The molecular formula is C15H24N2O2S. The highest BCUT2D eigenvalue weighted by molar-refractivity contribution is 7.89. The molecule has 20 heavy (non-hydrogen) atoms. The van der Waals surface area contributed by atoms with Crippen LogP contribution in [0.25, 0.3) is 0 Å². The fourth-order valence-electron chi connectivity index (χ4n) is 2.12. The molecule has 4 nitrogen and oxygen atoms in total. The largest absolute Gasteiger partial charge is 0.326 e. The van der Waals surface area contributed by atoms with E-state index in [0.717, 1.165) is 29.5 Å². The first-order valence-electron chi connectivity index (χ1n) is 6.72. The molecule has 0 bridgehead atoms. The van der Waals surface area contributed by atoms with Crippen molar-refractivity contribution in [3.63, 3.8) is 0 Å². The molecule has 0 atom stereocenters. The van der Waals surface area contributed by atoms with E-state index in [1.54, 1.807) is 19.2 Å². The summed E-state index contributed by atoms with van der Waals surface area (Å²) in [6, 6.07) is 3.58. The van der Waals surface area contributed by atoms with Crippen LogP contribution in [0, 0.1) is 13.8 Å².